The molecule has 1 unspecified atom stereocenters. The van der Waals surface area contributed by atoms with Crippen LogP contribution in [0, 0.1) is 12.8 Å². The smallest absolute Gasteiger partial charge is 0.249 e. The predicted octanol–water partition coefficient (Wildman–Crippen LogP) is 4.33. The maximum Gasteiger partial charge on any atom is 0.249 e. The van der Waals surface area contributed by atoms with Crippen molar-refractivity contribution in [2.75, 3.05) is 5.32 Å². The zero-order valence-corrected chi connectivity index (χ0v) is 17.1. The van der Waals surface area contributed by atoms with Gasteiger partial charge in [0.2, 0.25) is 11.8 Å². The van der Waals surface area contributed by atoms with Crippen LogP contribution in [-0.4, -0.2) is 22.8 Å². The Bertz CT molecular complexity index is 830. The highest BCUT2D eigenvalue weighted by molar-refractivity contribution is 7.15. The van der Waals surface area contributed by atoms with Crippen LogP contribution in [0.15, 0.2) is 24.4 Å². The topological polar surface area (TPSA) is 71.1 Å². The van der Waals surface area contributed by atoms with Crippen molar-refractivity contribution in [3.63, 3.8) is 0 Å². The molecule has 3 rings (SSSR count). The van der Waals surface area contributed by atoms with E-state index in [1.54, 1.807) is 6.20 Å². The number of nitrogens with zero attached hydrogens (tertiary/aromatic N) is 1. The van der Waals surface area contributed by atoms with E-state index in [1.165, 1.54) is 18.3 Å². The van der Waals surface area contributed by atoms with Crippen LogP contribution in [0.3, 0.4) is 0 Å². The number of hydrogen-bond acceptors (Lipinski definition) is 4. The van der Waals surface area contributed by atoms with Gasteiger partial charge in [0, 0.05) is 29.4 Å². The standard InChI is InChI=1S/C20H24ClN3O2S/c1-12-7-8-14(10-17(12)21)9-16-11-22-20(27-16)24-19(26)18(23-13(2)25)15-5-3-4-6-15/h7-8,10-11,15,18H,3-6,9H2,1-2H3,(H,23,25)(H,22,24,26). The van der Waals surface area contributed by atoms with Gasteiger partial charge in [0.05, 0.1) is 0 Å². The Kier molecular flexibility index (Phi) is 6.50. The van der Waals surface area contributed by atoms with Crippen molar-refractivity contribution in [1.82, 2.24) is 10.3 Å². The molecule has 1 heterocycles. The predicted molar refractivity (Wildman–Crippen MR) is 109 cm³/mol. The first kappa shape index (κ1) is 19.8. The first-order valence-electron chi connectivity index (χ1n) is 9.20. The molecule has 0 radical (unpaired) electrons. The quantitative estimate of drug-likeness (QED) is 0.751. The third-order valence-corrected chi connectivity index (χ3v) is 6.23. The molecule has 0 aliphatic heterocycles. The van der Waals surface area contributed by atoms with E-state index in [4.69, 9.17) is 11.6 Å². The normalized spacial score (nSPS) is 15.5. The molecule has 0 bridgehead atoms. The van der Waals surface area contributed by atoms with Gasteiger partial charge in [-0.3, -0.25) is 9.59 Å². The van der Waals surface area contributed by atoms with E-state index in [0.717, 1.165) is 46.7 Å². The number of rotatable bonds is 6. The summed E-state index contributed by atoms with van der Waals surface area (Å²) in [6, 6.07) is 5.52. The van der Waals surface area contributed by atoms with Crippen LogP contribution in [0.4, 0.5) is 5.13 Å². The number of carbonyl (C=O) groups excluding carboxylic acids is 2. The SMILES string of the molecule is CC(=O)NC(C(=O)Nc1ncc(Cc2ccc(C)c(Cl)c2)s1)C1CCCC1. The number of anilines is 1. The Morgan fingerprint density at radius 3 is 2.74 bits per heavy atom. The van der Waals surface area contributed by atoms with E-state index in [0.29, 0.717) is 11.6 Å². The van der Waals surface area contributed by atoms with Gasteiger partial charge in [-0.2, -0.15) is 0 Å². The van der Waals surface area contributed by atoms with Crippen molar-refractivity contribution in [2.24, 2.45) is 5.92 Å². The number of carbonyl (C=O) groups is 2. The second kappa shape index (κ2) is 8.85. The molecule has 144 valence electrons. The summed E-state index contributed by atoms with van der Waals surface area (Å²) in [7, 11) is 0. The van der Waals surface area contributed by atoms with Crippen LogP contribution in [0.25, 0.3) is 0 Å². The summed E-state index contributed by atoms with van der Waals surface area (Å²) in [4.78, 5) is 29.6. The molecule has 2 N–H and O–H groups in total. The number of hydrogen-bond donors (Lipinski definition) is 2. The van der Waals surface area contributed by atoms with Gasteiger partial charge in [0.1, 0.15) is 6.04 Å². The summed E-state index contributed by atoms with van der Waals surface area (Å²) in [5.41, 5.74) is 2.16. The molecule has 1 aromatic carbocycles. The summed E-state index contributed by atoms with van der Waals surface area (Å²) in [5, 5.41) is 7.00. The summed E-state index contributed by atoms with van der Waals surface area (Å²) < 4.78 is 0. The Labute approximate surface area is 168 Å². The summed E-state index contributed by atoms with van der Waals surface area (Å²) in [6.07, 6.45) is 6.64. The molecule has 1 fully saturated rings. The molecule has 1 aliphatic rings. The fraction of sp³-hybridized carbons (Fsp3) is 0.450. The van der Waals surface area contributed by atoms with Crippen molar-refractivity contribution in [3.05, 3.63) is 45.4 Å². The van der Waals surface area contributed by atoms with E-state index in [2.05, 4.69) is 15.6 Å². The molecule has 0 spiro atoms. The molecular weight excluding hydrogens is 382 g/mol. The highest BCUT2D eigenvalue weighted by Gasteiger charge is 2.31. The van der Waals surface area contributed by atoms with E-state index in [1.807, 2.05) is 25.1 Å². The van der Waals surface area contributed by atoms with Gasteiger partial charge in [-0.15, -0.1) is 11.3 Å². The number of nitrogens with one attached hydrogen (secondary N) is 2. The highest BCUT2D eigenvalue weighted by atomic mass is 35.5. The van der Waals surface area contributed by atoms with Gasteiger partial charge in [0.25, 0.3) is 0 Å². The van der Waals surface area contributed by atoms with Crippen molar-refractivity contribution in [3.8, 4) is 0 Å². The zero-order chi connectivity index (χ0) is 19.4. The minimum atomic E-state index is -0.492. The van der Waals surface area contributed by atoms with Crippen molar-refractivity contribution < 1.29 is 9.59 Å². The Morgan fingerprint density at radius 1 is 1.33 bits per heavy atom. The maximum atomic E-state index is 12.7. The van der Waals surface area contributed by atoms with Crippen molar-refractivity contribution >= 4 is 39.9 Å². The molecule has 1 aliphatic carbocycles. The Morgan fingerprint density at radius 2 is 2.07 bits per heavy atom. The van der Waals surface area contributed by atoms with Crippen LogP contribution < -0.4 is 10.6 Å². The van der Waals surface area contributed by atoms with E-state index in [9.17, 15) is 9.59 Å². The van der Waals surface area contributed by atoms with Crippen LogP contribution in [0.2, 0.25) is 5.02 Å². The largest absolute Gasteiger partial charge is 0.344 e. The lowest BCUT2D eigenvalue weighted by Gasteiger charge is -2.22. The van der Waals surface area contributed by atoms with Crippen LogP contribution in [0.1, 0.15) is 48.6 Å². The van der Waals surface area contributed by atoms with Crippen LogP contribution in [-0.2, 0) is 16.0 Å². The molecule has 2 aromatic rings. The second-order valence-electron chi connectivity index (χ2n) is 7.10. The summed E-state index contributed by atoms with van der Waals surface area (Å²) in [5.74, 6) is -0.169. The molecule has 2 amide bonds. The van der Waals surface area contributed by atoms with Gasteiger partial charge >= 0.3 is 0 Å². The number of amides is 2. The number of aromatic nitrogens is 1. The van der Waals surface area contributed by atoms with E-state index >= 15 is 0 Å². The molecule has 5 nitrogen and oxygen atoms in total. The molecule has 1 aromatic heterocycles. The number of halogens is 1. The highest BCUT2D eigenvalue weighted by Crippen LogP contribution is 2.29. The monoisotopic (exact) mass is 405 g/mol. The van der Waals surface area contributed by atoms with Crippen molar-refractivity contribution in [1.29, 1.82) is 0 Å². The Balaban J connectivity index is 1.65. The molecular formula is C20H24ClN3O2S. The molecule has 1 saturated carbocycles. The van der Waals surface area contributed by atoms with Gasteiger partial charge in [-0.25, -0.2) is 4.98 Å². The minimum Gasteiger partial charge on any atom is -0.344 e. The summed E-state index contributed by atoms with van der Waals surface area (Å²) >= 11 is 7.63. The number of thiazole rings is 1. The fourth-order valence-corrected chi connectivity index (χ4v) is 4.54. The number of benzene rings is 1. The summed E-state index contributed by atoms with van der Waals surface area (Å²) in [6.45, 7) is 3.42. The van der Waals surface area contributed by atoms with Gasteiger partial charge in [-0.05, 0) is 42.9 Å². The lowest BCUT2D eigenvalue weighted by molar-refractivity contribution is -0.126. The second-order valence-corrected chi connectivity index (χ2v) is 8.63. The van der Waals surface area contributed by atoms with Crippen LogP contribution >= 0.6 is 22.9 Å². The van der Waals surface area contributed by atoms with E-state index in [-0.39, 0.29) is 17.7 Å². The molecule has 7 heteroatoms. The van der Waals surface area contributed by atoms with Crippen LogP contribution in [0.5, 0.6) is 0 Å². The maximum absolute atomic E-state index is 12.7. The van der Waals surface area contributed by atoms with Gasteiger partial charge < -0.3 is 10.6 Å². The van der Waals surface area contributed by atoms with E-state index < -0.39 is 6.04 Å². The molecule has 1 atom stereocenters. The fourth-order valence-electron chi connectivity index (χ4n) is 3.48. The minimum absolute atomic E-state index is 0.182. The third kappa shape index (κ3) is 5.30. The van der Waals surface area contributed by atoms with Crippen molar-refractivity contribution in [2.45, 2.75) is 52.0 Å². The lowest BCUT2D eigenvalue weighted by Crippen LogP contribution is -2.47. The first-order valence-corrected chi connectivity index (χ1v) is 10.4. The number of aryl methyl sites for hydroxylation is 1. The van der Waals surface area contributed by atoms with Gasteiger partial charge in [0.15, 0.2) is 5.13 Å². The molecule has 27 heavy (non-hydrogen) atoms. The third-order valence-electron chi connectivity index (χ3n) is 4.91. The molecule has 0 saturated heterocycles. The average Bonchev–Trinajstić information content (AvgIpc) is 3.28. The first-order chi connectivity index (χ1) is 12.9. The van der Waals surface area contributed by atoms with Gasteiger partial charge in [-0.1, -0.05) is 36.6 Å². The Hall–Kier alpha value is -1.92. The average molecular weight is 406 g/mol. The lowest BCUT2D eigenvalue weighted by atomic mass is 9.97. The zero-order valence-electron chi connectivity index (χ0n) is 15.5.